The molecule has 140 valence electrons. The van der Waals surface area contributed by atoms with Gasteiger partial charge in [0.2, 0.25) is 0 Å². The molecular weight excluding hydrogens is 342 g/mol. The maximum absolute atomic E-state index is 9.77. The number of phenols is 2. The molecule has 0 saturated heterocycles. The molecule has 0 bridgehead atoms. The Morgan fingerprint density at radius 2 is 1.85 bits per heavy atom. The molecule has 1 atom stereocenters. The molecule has 0 spiro atoms. The first-order chi connectivity index (χ1) is 13.1. The maximum atomic E-state index is 9.77. The normalized spacial score (nSPS) is 11.8. The summed E-state index contributed by atoms with van der Waals surface area (Å²) in [5, 5.41) is 22.7. The predicted octanol–water partition coefficient (Wildman–Crippen LogP) is 4.52. The van der Waals surface area contributed by atoms with Crippen LogP contribution in [0, 0.1) is 0 Å². The number of phenolic OH excluding ortho intramolecular Hbond substituents is 2. The van der Waals surface area contributed by atoms with Crippen molar-refractivity contribution < 1.29 is 14.9 Å². The van der Waals surface area contributed by atoms with Crippen LogP contribution in [0.25, 0.3) is 11.3 Å². The van der Waals surface area contributed by atoms with Gasteiger partial charge in [-0.2, -0.15) is 0 Å². The highest BCUT2D eigenvalue weighted by atomic mass is 16.5. The molecule has 27 heavy (non-hydrogen) atoms. The third-order valence-corrected chi connectivity index (χ3v) is 4.30. The average molecular weight is 365 g/mol. The van der Waals surface area contributed by atoms with Crippen LogP contribution < -0.4 is 10.1 Å². The summed E-state index contributed by atoms with van der Waals surface area (Å²) in [5.74, 6) is 1.38. The smallest absolute Gasteiger partial charge is 0.161 e. The van der Waals surface area contributed by atoms with E-state index in [-0.39, 0.29) is 17.5 Å². The van der Waals surface area contributed by atoms with E-state index in [0.29, 0.717) is 17.3 Å². The van der Waals surface area contributed by atoms with Crippen molar-refractivity contribution in [2.75, 3.05) is 12.4 Å². The largest absolute Gasteiger partial charge is 0.508 e. The molecule has 6 heteroatoms. The lowest BCUT2D eigenvalue weighted by molar-refractivity contribution is 0.373. The molecule has 2 aromatic carbocycles. The van der Waals surface area contributed by atoms with Gasteiger partial charge in [-0.1, -0.05) is 25.5 Å². The minimum atomic E-state index is 0.0644. The zero-order chi connectivity index (χ0) is 19.2. The summed E-state index contributed by atoms with van der Waals surface area (Å²) >= 11 is 0. The molecule has 1 unspecified atom stereocenters. The van der Waals surface area contributed by atoms with Gasteiger partial charge in [-0.25, -0.2) is 4.98 Å². The molecule has 3 rings (SSSR count). The van der Waals surface area contributed by atoms with Crippen molar-refractivity contribution in [1.29, 1.82) is 0 Å². The first-order valence-corrected chi connectivity index (χ1v) is 8.85. The number of hydrogen-bond donors (Lipinski definition) is 3. The van der Waals surface area contributed by atoms with Gasteiger partial charge >= 0.3 is 0 Å². The van der Waals surface area contributed by atoms with Crippen molar-refractivity contribution in [1.82, 2.24) is 9.97 Å². The Morgan fingerprint density at radius 1 is 1.07 bits per heavy atom. The number of rotatable bonds is 7. The predicted molar refractivity (Wildman–Crippen MR) is 105 cm³/mol. The Labute approximate surface area is 158 Å². The van der Waals surface area contributed by atoms with Gasteiger partial charge in [0.05, 0.1) is 31.2 Å². The summed E-state index contributed by atoms with van der Waals surface area (Å²) in [7, 11) is 1.51. The van der Waals surface area contributed by atoms with Crippen molar-refractivity contribution in [3.8, 4) is 28.5 Å². The summed E-state index contributed by atoms with van der Waals surface area (Å²) in [6.45, 7) is 2.12. The highest BCUT2D eigenvalue weighted by molar-refractivity contribution is 5.64. The fraction of sp³-hybridized carbons (Fsp3) is 0.238. The van der Waals surface area contributed by atoms with E-state index in [1.165, 1.54) is 7.11 Å². The van der Waals surface area contributed by atoms with E-state index < -0.39 is 0 Å². The molecule has 3 N–H and O–H groups in total. The SMILES string of the molecule is CCCC(Nc1cncc(-c2ccc(O)c(OC)c2)n1)c1ccc(O)cc1. The second-order valence-corrected chi connectivity index (χ2v) is 6.25. The number of nitrogens with zero attached hydrogens (tertiary/aromatic N) is 2. The van der Waals surface area contributed by atoms with E-state index >= 15 is 0 Å². The maximum Gasteiger partial charge on any atom is 0.161 e. The van der Waals surface area contributed by atoms with Crippen LogP contribution in [-0.2, 0) is 0 Å². The molecule has 1 aromatic heterocycles. The molecule has 0 radical (unpaired) electrons. The van der Waals surface area contributed by atoms with Gasteiger partial charge in [-0.05, 0) is 42.3 Å². The van der Waals surface area contributed by atoms with Gasteiger partial charge in [0.25, 0.3) is 0 Å². The summed E-state index contributed by atoms with van der Waals surface area (Å²) in [4.78, 5) is 8.94. The Balaban J connectivity index is 1.86. The van der Waals surface area contributed by atoms with Gasteiger partial charge in [0.15, 0.2) is 11.5 Å². The second-order valence-electron chi connectivity index (χ2n) is 6.25. The van der Waals surface area contributed by atoms with E-state index in [4.69, 9.17) is 4.74 Å². The molecule has 6 nitrogen and oxygen atoms in total. The summed E-state index contributed by atoms with van der Waals surface area (Å²) in [6, 6.07) is 12.3. The number of aromatic hydroxyl groups is 2. The first kappa shape index (κ1) is 18.5. The molecule has 3 aromatic rings. The lowest BCUT2D eigenvalue weighted by Gasteiger charge is -2.19. The number of hydrogen-bond acceptors (Lipinski definition) is 6. The zero-order valence-electron chi connectivity index (χ0n) is 15.4. The minimum Gasteiger partial charge on any atom is -0.508 e. The summed E-state index contributed by atoms with van der Waals surface area (Å²) in [6.07, 6.45) is 5.28. The quantitative estimate of drug-likeness (QED) is 0.571. The van der Waals surface area contributed by atoms with Crippen molar-refractivity contribution >= 4 is 5.82 Å². The Kier molecular flexibility index (Phi) is 5.76. The second kappa shape index (κ2) is 8.40. The molecular formula is C21H23N3O3. The number of benzene rings is 2. The van der Waals surface area contributed by atoms with E-state index in [2.05, 4.69) is 22.2 Å². The fourth-order valence-corrected chi connectivity index (χ4v) is 2.91. The molecule has 0 aliphatic heterocycles. The number of aromatic nitrogens is 2. The number of methoxy groups -OCH3 is 1. The van der Waals surface area contributed by atoms with Crippen LogP contribution >= 0.6 is 0 Å². The Bertz CT molecular complexity index is 897. The topological polar surface area (TPSA) is 87.5 Å². The first-order valence-electron chi connectivity index (χ1n) is 8.85. The van der Waals surface area contributed by atoms with Gasteiger partial charge in [-0.15, -0.1) is 0 Å². The fourth-order valence-electron chi connectivity index (χ4n) is 2.91. The third kappa shape index (κ3) is 4.47. The minimum absolute atomic E-state index is 0.0644. The molecule has 0 saturated carbocycles. The van der Waals surface area contributed by atoms with Gasteiger partial charge in [0.1, 0.15) is 11.6 Å². The number of anilines is 1. The van der Waals surface area contributed by atoms with Crippen LogP contribution in [0.4, 0.5) is 5.82 Å². The molecule has 1 heterocycles. The average Bonchev–Trinajstić information content (AvgIpc) is 2.69. The highest BCUT2D eigenvalue weighted by Gasteiger charge is 2.13. The van der Waals surface area contributed by atoms with Gasteiger partial charge in [0, 0.05) is 5.56 Å². The standard InChI is InChI=1S/C21H23N3O3/c1-3-4-17(14-5-8-16(25)9-6-14)23-21-13-22-12-18(24-21)15-7-10-19(26)20(11-15)27-2/h5-13,17,25-26H,3-4H2,1-2H3,(H,23,24). The summed E-state index contributed by atoms with van der Waals surface area (Å²) in [5.41, 5.74) is 2.56. The lowest BCUT2D eigenvalue weighted by atomic mass is 10.0. The van der Waals surface area contributed by atoms with Gasteiger partial charge in [-0.3, -0.25) is 4.98 Å². The van der Waals surface area contributed by atoms with Crippen LogP contribution in [0.2, 0.25) is 0 Å². The summed E-state index contributed by atoms with van der Waals surface area (Å²) < 4.78 is 5.17. The van der Waals surface area contributed by atoms with E-state index in [1.54, 1.807) is 42.7 Å². The Hall–Kier alpha value is -3.28. The van der Waals surface area contributed by atoms with Crippen LogP contribution in [0.3, 0.4) is 0 Å². The number of nitrogens with one attached hydrogen (secondary N) is 1. The highest BCUT2D eigenvalue weighted by Crippen LogP contribution is 2.31. The van der Waals surface area contributed by atoms with Crippen molar-refractivity contribution in [3.05, 3.63) is 60.4 Å². The Morgan fingerprint density at radius 3 is 2.56 bits per heavy atom. The zero-order valence-corrected chi connectivity index (χ0v) is 15.4. The van der Waals surface area contributed by atoms with Crippen molar-refractivity contribution in [2.45, 2.75) is 25.8 Å². The van der Waals surface area contributed by atoms with E-state index in [1.807, 2.05) is 12.1 Å². The van der Waals surface area contributed by atoms with Gasteiger partial charge < -0.3 is 20.3 Å². The van der Waals surface area contributed by atoms with Crippen molar-refractivity contribution in [3.63, 3.8) is 0 Å². The van der Waals surface area contributed by atoms with E-state index in [9.17, 15) is 10.2 Å². The third-order valence-electron chi connectivity index (χ3n) is 4.30. The van der Waals surface area contributed by atoms with Crippen LogP contribution in [0.5, 0.6) is 17.2 Å². The lowest BCUT2D eigenvalue weighted by Crippen LogP contribution is -2.12. The van der Waals surface area contributed by atoms with Crippen LogP contribution in [0.1, 0.15) is 31.4 Å². The number of ether oxygens (including phenoxy) is 1. The van der Waals surface area contributed by atoms with Crippen LogP contribution in [-0.4, -0.2) is 27.3 Å². The van der Waals surface area contributed by atoms with E-state index in [0.717, 1.165) is 24.0 Å². The molecule has 0 fully saturated rings. The molecule has 0 aliphatic carbocycles. The monoisotopic (exact) mass is 365 g/mol. The van der Waals surface area contributed by atoms with Crippen LogP contribution in [0.15, 0.2) is 54.9 Å². The molecule has 0 aliphatic rings. The van der Waals surface area contributed by atoms with Crippen molar-refractivity contribution in [2.24, 2.45) is 0 Å². The molecule has 0 amide bonds.